The number of benzene rings is 1. The van der Waals surface area contributed by atoms with Crippen molar-refractivity contribution in [1.82, 2.24) is 5.32 Å². The van der Waals surface area contributed by atoms with Gasteiger partial charge in [0.1, 0.15) is 0 Å². The number of rotatable bonds is 6. The number of hydrogen-bond acceptors (Lipinski definition) is 2. The third kappa shape index (κ3) is 5.00. The Labute approximate surface area is 104 Å². The fourth-order valence-corrected chi connectivity index (χ4v) is 1.62. The maximum atomic E-state index is 11.7. The molecule has 0 aliphatic rings. The van der Waals surface area contributed by atoms with Crippen LogP contribution in [0.4, 0.5) is 5.69 Å². The van der Waals surface area contributed by atoms with E-state index in [2.05, 4.69) is 23.6 Å². The van der Waals surface area contributed by atoms with Crippen LogP contribution in [0.2, 0.25) is 0 Å². The summed E-state index contributed by atoms with van der Waals surface area (Å²) in [6, 6.07) is 8.30. The third-order valence-corrected chi connectivity index (χ3v) is 2.48. The molecule has 0 saturated heterocycles. The van der Waals surface area contributed by atoms with Gasteiger partial charge in [0.2, 0.25) is 5.91 Å². The minimum atomic E-state index is 0.0160. The Balaban J connectivity index is 2.58. The van der Waals surface area contributed by atoms with Crippen LogP contribution in [0.3, 0.4) is 0 Å². The topological polar surface area (TPSA) is 41.1 Å². The molecule has 0 aromatic heterocycles. The molecule has 0 radical (unpaired) electrons. The summed E-state index contributed by atoms with van der Waals surface area (Å²) in [4.78, 5) is 11.7. The molecular weight excluding hydrogens is 212 g/mol. The maximum absolute atomic E-state index is 11.7. The predicted octanol–water partition coefficient (Wildman–Crippen LogP) is 2.58. The largest absolute Gasteiger partial charge is 0.325 e. The van der Waals surface area contributed by atoms with Gasteiger partial charge >= 0.3 is 0 Å². The van der Waals surface area contributed by atoms with Gasteiger partial charge in [0.05, 0.1) is 6.54 Å². The number of anilines is 1. The standard InChI is InChI=1S/C14H22N2O/c1-4-7-12-8-5-6-9-13(12)16-14(17)10-15-11(2)3/h5-6,8-9,11,15H,4,7,10H2,1-3H3,(H,16,17). The third-order valence-electron chi connectivity index (χ3n) is 2.48. The van der Waals surface area contributed by atoms with Crippen molar-refractivity contribution >= 4 is 11.6 Å². The van der Waals surface area contributed by atoms with Crippen LogP contribution >= 0.6 is 0 Å². The maximum Gasteiger partial charge on any atom is 0.238 e. The molecule has 94 valence electrons. The zero-order valence-corrected chi connectivity index (χ0v) is 10.9. The van der Waals surface area contributed by atoms with Crippen molar-refractivity contribution in [3.8, 4) is 0 Å². The lowest BCUT2D eigenvalue weighted by molar-refractivity contribution is -0.115. The van der Waals surface area contributed by atoms with Crippen molar-refractivity contribution in [2.24, 2.45) is 0 Å². The van der Waals surface area contributed by atoms with Gasteiger partial charge in [0.15, 0.2) is 0 Å². The minimum absolute atomic E-state index is 0.0160. The average Bonchev–Trinajstić information content (AvgIpc) is 2.29. The summed E-state index contributed by atoms with van der Waals surface area (Å²) < 4.78 is 0. The average molecular weight is 234 g/mol. The summed E-state index contributed by atoms with van der Waals surface area (Å²) in [5.74, 6) is 0.0160. The molecule has 1 aromatic carbocycles. The van der Waals surface area contributed by atoms with Gasteiger partial charge < -0.3 is 10.6 Å². The quantitative estimate of drug-likeness (QED) is 0.794. The second kappa shape index (κ2) is 7.07. The SMILES string of the molecule is CCCc1ccccc1NC(=O)CNC(C)C. The van der Waals surface area contributed by atoms with E-state index in [1.54, 1.807) is 0 Å². The molecule has 0 heterocycles. The molecule has 2 N–H and O–H groups in total. The molecule has 0 fully saturated rings. The van der Waals surface area contributed by atoms with Crippen LogP contribution in [0.15, 0.2) is 24.3 Å². The first-order valence-electron chi connectivity index (χ1n) is 6.24. The lowest BCUT2D eigenvalue weighted by Crippen LogP contribution is -2.32. The van der Waals surface area contributed by atoms with E-state index in [4.69, 9.17) is 0 Å². The molecule has 3 nitrogen and oxygen atoms in total. The highest BCUT2D eigenvalue weighted by molar-refractivity contribution is 5.93. The smallest absolute Gasteiger partial charge is 0.238 e. The molecule has 1 aromatic rings. The Morgan fingerprint density at radius 1 is 1.29 bits per heavy atom. The van der Waals surface area contributed by atoms with Crippen molar-refractivity contribution in [1.29, 1.82) is 0 Å². The molecule has 0 spiro atoms. The van der Waals surface area contributed by atoms with Gasteiger partial charge in [-0.25, -0.2) is 0 Å². The highest BCUT2D eigenvalue weighted by Crippen LogP contribution is 2.16. The van der Waals surface area contributed by atoms with E-state index in [-0.39, 0.29) is 5.91 Å². The first-order chi connectivity index (χ1) is 8.13. The molecule has 0 aliphatic carbocycles. The predicted molar refractivity (Wildman–Crippen MR) is 72.2 cm³/mol. The van der Waals surface area contributed by atoms with E-state index in [0.717, 1.165) is 18.5 Å². The molecule has 3 heteroatoms. The van der Waals surface area contributed by atoms with Crippen LogP contribution in [-0.4, -0.2) is 18.5 Å². The van der Waals surface area contributed by atoms with E-state index >= 15 is 0 Å². The molecule has 0 bridgehead atoms. The van der Waals surface area contributed by atoms with Gasteiger partial charge in [-0.05, 0) is 18.1 Å². The van der Waals surface area contributed by atoms with E-state index in [9.17, 15) is 4.79 Å². The van der Waals surface area contributed by atoms with E-state index in [1.165, 1.54) is 5.56 Å². The highest BCUT2D eigenvalue weighted by Gasteiger charge is 2.06. The van der Waals surface area contributed by atoms with Crippen LogP contribution in [-0.2, 0) is 11.2 Å². The van der Waals surface area contributed by atoms with Gasteiger partial charge in [-0.2, -0.15) is 0 Å². The number of amides is 1. The summed E-state index contributed by atoms with van der Waals surface area (Å²) in [6.45, 7) is 6.55. The lowest BCUT2D eigenvalue weighted by Gasteiger charge is -2.12. The van der Waals surface area contributed by atoms with Gasteiger partial charge in [0, 0.05) is 11.7 Å². The van der Waals surface area contributed by atoms with Crippen LogP contribution in [0.1, 0.15) is 32.8 Å². The van der Waals surface area contributed by atoms with Crippen LogP contribution < -0.4 is 10.6 Å². The molecule has 1 rings (SSSR count). The molecule has 0 aliphatic heterocycles. The summed E-state index contributed by atoms with van der Waals surface area (Å²) in [5, 5.41) is 6.05. The molecule has 0 atom stereocenters. The minimum Gasteiger partial charge on any atom is -0.325 e. The van der Waals surface area contributed by atoms with Crippen LogP contribution in [0.5, 0.6) is 0 Å². The van der Waals surface area contributed by atoms with Crippen LogP contribution in [0, 0.1) is 0 Å². The first-order valence-corrected chi connectivity index (χ1v) is 6.24. The van der Waals surface area contributed by atoms with Crippen molar-refractivity contribution in [2.75, 3.05) is 11.9 Å². The highest BCUT2D eigenvalue weighted by atomic mass is 16.1. The summed E-state index contributed by atoms with van der Waals surface area (Å²) in [6.07, 6.45) is 2.07. The first kappa shape index (κ1) is 13.7. The van der Waals surface area contributed by atoms with E-state index in [0.29, 0.717) is 12.6 Å². The molecule has 0 unspecified atom stereocenters. The second-order valence-electron chi connectivity index (χ2n) is 4.49. The molecule has 0 saturated carbocycles. The summed E-state index contributed by atoms with van der Waals surface area (Å²) in [7, 11) is 0. The summed E-state index contributed by atoms with van der Waals surface area (Å²) >= 11 is 0. The van der Waals surface area contributed by atoms with Gasteiger partial charge in [-0.3, -0.25) is 4.79 Å². The van der Waals surface area contributed by atoms with Crippen molar-refractivity contribution < 1.29 is 4.79 Å². The zero-order chi connectivity index (χ0) is 12.7. The Morgan fingerprint density at radius 2 is 2.00 bits per heavy atom. The van der Waals surface area contributed by atoms with E-state index < -0.39 is 0 Å². The Bertz CT molecular complexity index is 361. The Morgan fingerprint density at radius 3 is 2.65 bits per heavy atom. The van der Waals surface area contributed by atoms with Crippen molar-refractivity contribution in [2.45, 2.75) is 39.7 Å². The number of aryl methyl sites for hydroxylation is 1. The van der Waals surface area contributed by atoms with Crippen molar-refractivity contribution in [3.05, 3.63) is 29.8 Å². The second-order valence-corrected chi connectivity index (χ2v) is 4.49. The summed E-state index contributed by atoms with van der Waals surface area (Å²) in [5.41, 5.74) is 2.14. The number of nitrogens with one attached hydrogen (secondary N) is 2. The normalized spacial score (nSPS) is 10.6. The van der Waals surface area contributed by atoms with Gasteiger partial charge in [-0.1, -0.05) is 45.4 Å². The van der Waals surface area contributed by atoms with Crippen molar-refractivity contribution in [3.63, 3.8) is 0 Å². The number of carbonyl (C=O) groups excluding carboxylic acids is 1. The Hall–Kier alpha value is -1.35. The molecule has 1 amide bonds. The lowest BCUT2D eigenvalue weighted by atomic mass is 10.1. The monoisotopic (exact) mass is 234 g/mol. The molecule has 17 heavy (non-hydrogen) atoms. The molecular formula is C14H22N2O. The van der Waals surface area contributed by atoms with E-state index in [1.807, 2.05) is 32.0 Å². The fraction of sp³-hybridized carbons (Fsp3) is 0.500. The zero-order valence-electron chi connectivity index (χ0n) is 10.9. The fourth-order valence-electron chi connectivity index (χ4n) is 1.62. The number of carbonyl (C=O) groups is 1. The van der Waals surface area contributed by atoms with Crippen LogP contribution in [0.25, 0.3) is 0 Å². The Kier molecular flexibility index (Phi) is 5.70. The number of hydrogen-bond donors (Lipinski definition) is 2. The van der Waals surface area contributed by atoms with Gasteiger partial charge in [-0.15, -0.1) is 0 Å². The van der Waals surface area contributed by atoms with Gasteiger partial charge in [0.25, 0.3) is 0 Å². The number of para-hydroxylation sites is 1.